The number of benzene rings is 1. The Balaban J connectivity index is 2.08. The SMILES string of the molecule is CNCc1cn(Cc2cccc(O)c2)cn1. The van der Waals surface area contributed by atoms with Crippen molar-refractivity contribution < 1.29 is 5.11 Å². The molecule has 0 aliphatic heterocycles. The zero-order chi connectivity index (χ0) is 11.4. The Morgan fingerprint density at radius 2 is 2.31 bits per heavy atom. The van der Waals surface area contributed by atoms with Crippen LogP contribution in [0.2, 0.25) is 0 Å². The Labute approximate surface area is 94.6 Å². The minimum atomic E-state index is 0.299. The van der Waals surface area contributed by atoms with Gasteiger partial charge >= 0.3 is 0 Å². The fourth-order valence-corrected chi connectivity index (χ4v) is 1.63. The number of aromatic hydroxyl groups is 1. The Bertz CT molecular complexity index is 465. The van der Waals surface area contributed by atoms with Crippen LogP contribution in [0.5, 0.6) is 5.75 Å². The predicted molar refractivity (Wildman–Crippen MR) is 62.2 cm³/mol. The molecule has 0 aliphatic rings. The number of phenols is 1. The number of imidazole rings is 1. The molecule has 0 fully saturated rings. The third-order valence-corrected chi connectivity index (χ3v) is 2.32. The third kappa shape index (κ3) is 2.61. The van der Waals surface area contributed by atoms with Crippen molar-refractivity contribution in [3.05, 3.63) is 48.0 Å². The van der Waals surface area contributed by atoms with Crippen molar-refractivity contribution in [2.24, 2.45) is 0 Å². The van der Waals surface area contributed by atoms with Crippen LogP contribution in [0.25, 0.3) is 0 Å². The summed E-state index contributed by atoms with van der Waals surface area (Å²) in [6.45, 7) is 1.50. The van der Waals surface area contributed by atoms with E-state index in [0.29, 0.717) is 5.75 Å². The van der Waals surface area contributed by atoms with E-state index in [-0.39, 0.29) is 0 Å². The molecule has 0 bridgehead atoms. The molecule has 2 aromatic rings. The second-order valence-electron chi connectivity index (χ2n) is 3.74. The molecule has 1 heterocycles. The zero-order valence-electron chi connectivity index (χ0n) is 9.22. The van der Waals surface area contributed by atoms with Crippen molar-refractivity contribution >= 4 is 0 Å². The van der Waals surface area contributed by atoms with Crippen LogP contribution in [0, 0.1) is 0 Å². The number of nitrogens with zero attached hydrogens (tertiary/aromatic N) is 2. The van der Waals surface area contributed by atoms with Gasteiger partial charge in [0.25, 0.3) is 0 Å². The van der Waals surface area contributed by atoms with Gasteiger partial charge in [0.1, 0.15) is 5.75 Å². The second kappa shape index (κ2) is 4.81. The lowest BCUT2D eigenvalue weighted by Crippen LogP contribution is -2.05. The van der Waals surface area contributed by atoms with E-state index in [1.807, 2.05) is 29.9 Å². The minimum Gasteiger partial charge on any atom is -0.508 e. The van der Waals surface area contributed by atoms with Gasteiger partial charge in [-0.2, -0.15) is 0 Å². The topological polar surface area (TPSA) is 50.1 Å². The summed E-state index contributed by atoms with van der Waals surface area (Å²) in [6.07, 6.45) is 3.80. The smallest absolute Gasteiger partial charge is 0.115 e. The number of hydrogen-bond donors (Lipinski definition) is 2. The molecule has 0 saturated carbocycles. The zero-order valence-corrected chi connectivity index (χ0v) is 9.22. The van der Waals surface area contributed by atoms with Crippen LogP contribution >= 0.6 is 0 Å². The van der Waals surface area contributed by atoms with Gasteiger partial charge in [0.05, 0.1) is 12.0 Å². The number of phenolic OH excluding ortho intramolecular Hbond substituents is 1. The van der Waals surface area contributed by atoms with E-state index in [4.69, 9.17) is 0 Å². The first-order valence-corrected chi connectivity index (χ1v) is 5.21. The summed E-state index contributed by atoms with van der Waals surface area (Å²) in [5, 5.41) is 12.4. The molecule has 1 aromatic carbocycles. The molecule has 1 aromatic heterocycles. The van der Waals surface area contributed by atoms with Crippen molar-refractivity contribution in [3.63, 3.8) is 0 Å². The molecule has 0 saturated heterocycles. The first-order chi connectivity index (χ1) is 7.78. The molecular formula is C12H15N3O. The van der Waals surface area contributed by atoms with Crippen LogP contribution in [-0.2, 0) is 13.1 Å². The molecule has 0 aliphatic carbocycles. The average molecular weight is 217 g/mol. The number of hydrogen-bond acceptors (Lipinski definition) is 3. The molecular weight excluding hydrogens is 202 g/mol. The summed E-state index contributed by atoms with van der Waals surface area (Å²) in [5.41, 5.74) is 2.08. The van der Waals surface area contributed by atoms with Gasteiger partial charge in [0.2, 0.25) is 0 Å². The molecule has 0 spiro atoms. The predicted octanol–water partition coefficient (Wildman–Crippen LogP) is 1.36. The number of nitrogens with one attached hydrogen (secondary N) is 1. The maximum atomic E-state index is 9.35. The molecule has 84 valence electrons. The Morgan fingerprint density at radius 3 is 3.06 bits per heavy atom. The molecule has 0 amide bonds. The summed E-state index contributed by atoms with van der Waals surface area (Å²) in [4.78, 5) is 4.26. The summed E-state index contributed by atoms with van der Waals surface area (Å²) < 4.78 is 2.00. The first kappa shape index (κ1) is 10.7. The molecule has 16 heavy (non-hydrogen) atoms. The van der Waals surface area contributed by atoms with Crippen LogP contribution < -0.4 is 5.32 Å². The summed E-state index contributed by atoms with van der Waals surface area (Å²) >= 11 is 0. The normalized spacial score (nSPS) is 10.6. The van der Waals surface area contributed by atoms with Gasteiger partial charge in [0.15, 0.2) is 0 Å². The van der Waals surface area contributed by atoms with Crippen LogP contribution in [0.4, 0.5) is 0 Å². The van der Waals surface area contributed by atoms with Crippen molar-refractivity contribution in [2.75, 3.05) is 7.05 Å². The summed E-state index contributed by atoms with van der Waals surface area (Å²) in [7, 11) is 1.90. The van der Waals surface area contributed by atoms with E-state index >= 15 is 0 Å². The highest BCUT2D eigenvalue weighted by Crippen LogP contribution is 2.12. The summed E-state index contributed by atoms with van der Waals surface area (Å²) in [5.74, 6) is 0.299. The van der Waals surface area contributed by atoms with Crippen molar-refractivity contribution in [2.45, 2.75) is 13.1 Å². The number of aromatic nitrogens is 2. The van der Waals surface area contributed by atoms with Gasteiger partial charge in [-0.25, -0.2) is 4.98 Å². The monoisotopic (exact) mass is 217 g/mol. The lowest BCUT2D eigenvalue weighted by molar-refractivity contribution is 0.474. The second-order valence-corrected chi connectivity index (χ2v) is 3.74. The fraction of sp³-hybridized carbons (Fsp3) is 0.250. The van der Waals surface area contributed by atoms with Gasteiger partial charge in [-0.05, 0) is 24.7 Å². The average Bonchev–Trinajstić information content (AvgIpc) is 2.66. The van der Waals surface area contributed by atoms with E-state index in [9.17, 15) is 5.11 Å². The van der Waals surface area contributed by atoms with E-state index < -0.39 is 0 Å². The standard InChI is InChI=1S/C12H15N3O/c1-13-6-11-8-15(9-14-11)7-10-3-2-4-12(16)5-10/h2-5,8-9,13,16H,6-7H2,1H3. The van der Waals surface area contributed by atoms with Crippen LogP contribution in [-0.4, -0.2) is 21.7 Å². The minimum absolute atomic E-state index is 0.299. The molecule has 0 radical (unpaired) electrons. The maximum Gasteiger partial charge on any atom is 0.115 e. The molecule has 4 heteroatoms. The van der Waals surface area contributed by atoms with Gasteiger partial charge in [-0.1, -0.05) is 12.1 Å². The number of rotatable bonds is 4. The van der Waals surface area contributed by atoms with Gasteiger partial charge in [-0.3, -0.25) is 0 Å². The Morgan fingerprint density at radius 1 is 1.44 bits per heavy atom. The van der Waals surface area contributed by atoms with Crippen molar-refractivity contribution in [3.8, 4) is 5.75 Å². The quantitative estimate of drug-likeness (QED) is 0.813. The highest BCUT2D eigenvalue weighted by atomic mass is 16.3. The lowest BCUT2D eigenvalue weighted by atomic mass is 10.2. The highest BCUT2D eigenvalue weighted by molar-refractivity contribution is 5.27. The first-order valence-electron chi connectivity index (χ1n) is 5.21. The van der Waals surface area contributed by atoms with Crippen molar-refractivity contribution in [1.82, 2.24) is 14.9 Å². The van der Waals surface area contributed by atoms with Crippen LogP contribution in [0.3, 0.4) is 0 Å². The van der Waals surface area contributed by atoms with Crippen LogP contribution in [0.1, 0.15) is 11.3 Å². The van der Waals surface area contributed by atoms with Crippen molar-refractivity contribution in [1.29, 1.82) is 0 Å². The van der Waals surface area contributed by atoms with E-state index in [1.54, 1.807) is 18.5 Å². The Kier molecular flexibility index (Phi) is 3.22. The molecule has 2 rings (SSSR count). The lowest BCUT2D eigenvalue weighted by Gasteiger charge is -2.02. The van der Waals surface area contributed by atoms with Gasteiger partial charge in [0, 0.05) is 19.3 Å². The molecule has 4 nitrogen and oxygen atoms in total. The molecule has 2 N–H and O–H groups in total. The largest absolute Gasteiger partial charge is 0.508 e. The van der Waals surface area contributed by atoms with Gasteiger partial charge < -0.3 is 15.0 Å². The van der Waals surface area contributed by atoms with E-state index in [1.165, 1.54) is 0 Å². The maximum absolute atomic E-state index is 9.35. The van der Waals surface area contributed by atoms with Gasteiger partial charge in [-0.15, -0.1) is 0 Å². The molecule has 0 atom stereocenters. The third-order valence-electron chi connectivity index (χ3n) is 2.32. The Hall–Kier alpha value is -1.81. The molecule has 0 unspecified atom stereocenters. The van der Waals surface area contributed by atoms with Crippen LogP contribution in [0.15, 0.2) is 36.8 Å². The van der Waals surface area contributed by atoms with E-state index in [0.717, 1.165) is 24.3 Å². The fourth-order valence-electron chi connectivity index (χ4n) is 1.63. The highest BCUT2D eigenvalue weighted by Gasteiger charge is 1.99. The summed E-state index contributed by atoms with van der Waals surface area (Å²) in [6, 6.07) is 7.26. The van der Waals surface area contributed by atoms with E-state index in [2.05, 4.69) is 10.3 Å².